The molecular weight excluding hydrogens is 266 g/mol. The number of likely N-dealkylation sites (tertiary alicyclic amines) is 1. The summed E-state index contributed by atoms with van der Waals surface area (Å²) >= 11 is 0. The molecule has 0 aliphatic carbocycles. The molecule has 0 spiro atoms. The molecule has 0 saturated carbocycles. The van der Waals surface area contributed by atoms with Gasteiger partial charge in [0.05, 0.1) is 18.2 Å². The second-order valence-corrected chi connectivity index (χ2v) is 7.36. The largest absolute Gasteiger partial charge is 0.383 e. The Balaban J connectivity index is 2.63. The summed E-state index contributed by atoms with van der Waals surface area (Å²) in [5, 5.41) is 0. The number of methoxy groups -OCH3 is 2. The van der Waals surface area contributed by atoms with Crippen LogP contribution in [0.4, 0.5) is 0 Å². The van der Waals surface area contributed by atoms with Gasteiger partial charge in [0.2, 0.25) is 5.91 Å². The maximum Gasteiger partial charge on any atom is 0.223 e. The maximum atomic E-state index is 12.6. The van der Waals surface area contributed by atoms with Gasteiger partial charge < -0.3 is 14.4 Å². The van der Waals surface area contributed by atoms with E-state index in [2.05, 4.69) is 27.7 Å². The first kappa shape index (κ1) is 18.4. The SMILES string of the molecule is CCC(C)(CC(C)(C)CC(=O)N1CCCC1COC)OC. The van der Waals surface area contributed by atoms with Gasteiger partial charge in [0.1, 0.15) is 0 Å². The topological polar surface area (TPSA) is 38.8 Å². The Labute approximate surface area is 130 Å². The molecule has 2 atom stereocenters. The number of carbonyl (C=O) groups is 1. The van der Waals surface area contributed by atoms with Gasteiger partial charge in [-0.1, -0.05) is 20.8 Å². The van der Waals surface area contributed by atoms with E-state index in [4.69, 9.17) is 9.47 Å². The first-order valence-electron chi connectivity index (χ1n) is 8.10. The summed E-state index contributed by atoms with van der Waals surface area (Å²) in [6, 6.07) is 0.262. The fourth-order valence-corrected chi connectivity index (χ4v) is 3.46. The minimum Gasteiger partial charge on any atom is -0.383 e. The Morgan fingerprint density at radius 2 is 1.95 bits per heavy atom. The van der Waals surface area contributed by atoms with Crippen LogP contribution in [0.15, 0.2) is 0 Å². The van der Waals surface area contributed by atoms with E-state index in [0.717, 1.165) is 32.2 Å². The molecule has 124 valence electrons. The lowest BCUT2D eigenvalue weighted by Crippen LogP contribution is -2.41. The molecule has 0 radical (unpaired) electrons. The van der Waals surface area contributed by atoms with E-state index in [1.807, 2.05) is 4.90 Å². The third-order valence-electron chi connectivity index (χ3n) is 4.78. The third-order valence-corrected chi connectivity index (χ3v) is 4.78. The molecule has 0 bridgehead atoms. The molecule has 4 heteroatoms. The van der Waals surface area contributed by atoms with Crippen LogP contribution in [0.2, 0.25) is 0 Å². The molecule has 0 aromatic heterocycles. The summed E-state index contributed by atoms with van der Waals surface area (Å²) in [4.78, 5) is 14.7. The van der Waals surface area contributed by atoms with Gasteiger partial charge >= 0.3 is 0 Å². The van der Waals surface area contributed by atoms with E-state index >= 15 is 0 Å². The Hall–Kier alpha value is -0.610. The predicted molar refractivity (Wildman–Crippen MR) is 85.3 cm³/mol. The van der Waals surface area contributed by atoms with Crippen LogP contribution in [-0.2, 0) is 14.3 Å². The third kappa shape index (κ3) is 5.26. The van der Waals surface area contributed by atoms with E-state index in [9.17, 15) is 4.79 Å². The zero-order valence-corrected chi connectivity index (χ0v) is 14.7. The van der Waals surface area contributed by atoms with Gasteiger partial charge in [0, 0.05) is 27.2 Å². The summed E-state index contributed by atoms with van der Waals surface area (Å²) in [5.74, 6) is 0.258. The molecule has 21 heavy (non-hydrogen) atoms. The summed E-state index contributed by atoms with van der Waals surface area (Å²) in [5.41, 5.74) is -0.210. The van der Waals surface area contributed by atoms with Crippen LogP contribution in [0.1, 0.15) is 59.8 Å². The van der Waals surface area contributed by atoms with Crippen LogP contribution in [0.3, 0.4) is 0 Å². The van der Waals surface area contributed by atoms with Gasteiger partial charge in [-0.15, -0.1) is 0 Å². The highest BCUT2D eigenvalue weighted by Gasteiger charge is 2.36. The van der Waals surface area contributed by atoms with Gasteiger partial charge in [-0.3, -0.25) is 4.79 Å². The zero-order chi connectivity index (χ0) is 16.1. The first-order chi connectivity index (χ1) is 9.77. The Morgan fingerprint density at radius 3 is 2.48 bits per heavy atom. The second kappa shape index (κ2) is 7.59. The number of hydrogen-bond acceptors (Lipinski definition) is 3. The number of nitrogens with zero attached hydrogens (tertiary/aromatic N) is 1. The van der Waals surface area contributed by atoms with Gasteiger partial charge in [-0.2, -0.15) is 0 Å². The van der Waals surface area contributed by atoms with E-state index < -0.39 is 0 Å². The molecule has 1 aliphatic rings. The smallest absolute Gasteiger partial charge is 0.223 e. The van der Waals surface area contributed by atoms with Crippen LogP contribution in [0, 0.1) is 5.41 Å². The molecule has 0 aromatic carbocycles. The molecule has 1 heterocycles. The number of carbonyl (C=O) groups excluding carboxylic acids is 1. The average molecular weight is 299 g/mol. The van der Waals surface area contributed by atoms with Crippen LogP contribution in [0.5, 0.6) is 0 Å². The normalized spacial score (nSPS) is 22.4. The molecule has 1 saturated heterocycles. The Kier molecular flexibility index (Phi) is 6.67. The highest BCUT2D eigenvalue weighted by molar-refractivity contribution is 5.77. The standard InChI is InChI=1S/C17H33NO3/c1-7-17(4,21-6)13-16(2,3)11-15(19)18-10-8-9-14(18)12-20-5/h14H,7-13H2,1-6H3. The summed E-state index contributed by atoms with van der Waals surface area (Å²) in [7, 11) is 3.46. The quantitative estimate of drug-likeness (QED) is 0.690. The highest BCUT2D eigenvalue weighted by Crippen LogP contribution is 2.36. The number of amides is 1. The van der Waals surface area contributed by atoms with Crippen molar-refractivity contribution in [3.8, 4) is 0 Å². The van der Waals surface area contributed by atoms with Crippen LogP contribution < -0.4 is 0 Å². The van der Waals surface area contributed by atoms with Crippen molar-refractivity contribution in [2.24, 2.45) is 5.41 Å². The highest BCUT2D eigenvalue weighted by atomic mass is 16.5. The summed E-state index contributed by atoms with van der Waals surface area (Å²) in [6.45, 7) is 10.1. The lowest BCUT2D eigenvalue weighted by Gasteiger charge is -2.37. The van der Waals surface area contributed by atoms with E-state index in [1.165, 1.54) is 0 Å². The van der Waals surface area contributed by atoms with E-state index in [0.29, 0.717) is 13.0 Å². The Bertz CT molecular complexity index is 337. The molecule has 2 unspecified atom stereocenters. The van der Waals surface area contributed by atoms with Crippen molar-refractivity contribution < 1.29 is 14.3 Å². The molecule has 1 amide bonds. The molecule has 4 nitrogen and oxygen atoms in total. The molecule has 0 aromatic rings. The minimum absolute atomic E-state index is 0.0575. The fourth-order valence-electron chi connectivity index (χ4n) is 3.46. The zero-order valence-electron chi connectivity index (χ0n) is 14.7. The lowest BCUT2D eigenvalue weighted by atomic mass is 9.77. The van der Waals surface area contributed by atoms with Crippen molar-refractivity contribution in [2.45, 2.75) is 71.4 Å². The fraction of sp³-hybridized carbons (Fsp3) is 0.941. The minimum atomic E-state index is -0.152. The lowest BCUT2D eigenvalue weighted by molar-refractivity contribution is -0.136. The van der Waals surface area contributed by atoms with E-state index in [-0.39, 0.29) is 23.0 Å². The van der Waals surface area contributed by atoms with Gasteiger partial charge in [0.15, 0.2) is 0 Å². The van der Waals surface area contributed by atoms with Crippen LogP contribution >= 0.6 is 0 Å². The Morgan fingerprint density at radius 1 is 1.29 bits per heavy atom. The average Bonchev–Trinajstić information content (AvgIpc) is 2.86. The van der Waals surface area contributed by atoms with Crippen LogP contribution in [0.25, 0.3) is 0 Å². The maximum absolute atomic E-state index is 12.6. The summed E-state index contributed by atoms with van der Waals surface area (Å²) < 4.78 is 10.9. The second-order valence-electron chi connectivity index (χ2n) is 7.36. The van der Waals surface area contributed by atoms with Crippen molar-refractivity contribution in [1.29, 1.82) is 0 Å². The number of rotatable bonds is 8. The van der Waals surface area contributed by atoms with E-state index in [1.54, 1.807) is 14.2 Å². The van der Waals surface area contributed by atoms with Crippen molar-refractivity contribution in [3.63, 3.8) is 0 Å². The molecule has 1 fully saturated rings. The van der Waals surface area contributed by atoms with Crippen molar-refractivity contribution in [2.75, 3.05) is 27.4 Å². The molecule has 1 aliphatic heterocycles. The number of hydrogen-bond donors (Lipinski definition) is 0. The van der Waals surface area contributed by atoms with Crippen molar-refractivity contribution >= 4 is 5.91 Å². The monoisotopic (exact) mass is 299 g/mol. The van der Waals surface area contributed by atoms with Crippen molar-refractivity contribution in [1.82, 2.24) is 4.90 Å². The molecule has 1 rings (SSSR count). The number of ether oxygens (including phenoxy) is 2. The van der Waals surface area contributed by atoms with Gasteiger partial charge in [0.25, 0.3) is 0 Å². The first-order valence-corrected chi connectivity index (χ1v) is 8.10. The van der Waals surface area contributed by atoms with Gasteiger partial charge in [-0.05, 0) is 38.0 Å². The molecule has 0 N–H and O–H groups in total. The van der Waals surface area contributed by atoms with Crippen LogP contribution in [-0.4, -0.2) is 49.8 Å². The molecular formula is C17H33NO3. The predicted octanol–water partition coefficient (Wildman–Crippen LogP) is 3.25. The van der Waals surface area contributed by atoms with Crippen molar-refractivity contribution in [3.05, 3.63) is 0 Å². The van der Waals surface area contributed by atoms with Gasteiger partial charge in [-0.25, -0.2) is 0 Å². The summed E-state index contributed by atoms with van der Waals surface area (Å²) in [6.07, 6.45) is 4.57.